The number of hydrogen-bond donors (Lipinski definition) is 0. The molecule has 0 aromatic heterocycles. The summed E-state index contributed by atoms with van der Waals surface area (Å²) in [6.45, 7) is 5.72. The van der Waals surface area contributed by atoms with Crippen molar-refractivity contribution >= 4 is 15.9 Å². The van der Waals surface area contributed by atoms with Gasteiger partial charge in [0, 0.05) is 37.5 Å². The van der Waals surface area contributed by atoms with Crippen molar-refractivity contribution in [1.29, 1.82) is 0 Å². The molecule has 138 valence electrons. The van der Waals surface area contributed by atoms with E-state index in [1.165, 1.54) is 44.4 Å². The van der Waals surface area contributed by atoms with Gasteiger partial charge in [0.1, 0.15) is 0 Å². The highest BCUT2D eigenvalue weighted by molar-refractivity contribution is 7.90. The van der Waals surface area contributed by atoms with E-state index in [0.717, 1.165) is 0 Å². The molecule has 0 aliphatic carbocycles. The topological polar surface area (TPSA) is 76.0 Å². The van der Waals surface area contributed by atoms with Crippen LogP contribution in [-0.2, 0) is 10.0 Å². The summed E-state index contributed by atoms with van der Waals surface area (Å²) in [6, 6.07) is 5.99. The van der Waals surface area contributed by atoms with Crippen molar-refractivity contribution in [3.05, 3.63) is 42.2 Å². The number of sulfonamides is 1. The fourth-order valence-corrected chi connectivity index (χ4v) is 3.83. The molecule has 1 atom stereocenters. The van der Waals surface area contributed by atoms with Crippen molar-refractivity contribution in [2.24, 2.45) is 4.40 Å². The Hall–Kier alpha value is -2.02. The van der Waals surface area contributed by atoms with Gasteiger partial charge in [-0.3, -0.25) is 0 Å². The van der Waals surface area contributed by atoms with Crippen molar-refractivity contribution in [2.75, 3.05) is 13.6 Å². The normalized spacial score (nSPS) is 20.1. The second kappa shape index (κ2) is 8.38. The minimum Gasteiger partial charge on any atom is -0.858 e. The molecule has 0 saturated heterocycles. The van der Waals surface area contributed by atoms with Gasteiger partial charge in [0.2, 0.25) is 0 Å². The van der Waals surface area contributed by atoms with E-state index >= 15 is 0 Å². The van der Waals surface area contributed by atoms with Crippen molar-refractivity contribution in [1.82, 2.24) is 9.80 Å². The second-order valence-electron chi connectivity index (χ2n) is 6.26. The average Bonchev–Trinajstić information content (AvgIpc) is 3.02. The van der Waals surface area contributed by atoms with Crippen molar-refractivity contribution in [3.63, 3.8) is 0 Å². The SMILES string of the molecule is CCCCCCN1C=CN(C)C1C.O=S1(=O)N=C([O-])c2ccccc21. The van der Waals surface area contributed by atoms with Gasteiger partial charge in [0.15, 0.2) is 0 Å². The number of rotatable bonds is 5. The molecule has 0 radical (unpaired) electrons. The lowest BCUT2D eigenvalue weighted by Crippen LogP contribution is -2.34. The van der Waals surface area contributed by atoms with Gasteiger partial charge in [0.05, 0.1) is 11.1 Å². The fourth-order valence-electron chi connectivity index (χ4n) is 2.73. The van der Waals surface area contributed by atoms with E-state index in [2.05, 4.69) is 47.5 Å². The lowest BCUT2D eigenvalue weighted by atomic mass is 10.2. The molecule has 1 unspecified atom stereocenters. The maximum absolute atomic E-state index is 11.1. The third-order valence-electron chi connectivity index (χ3n) is 4.43. The van der Waals surface area contributed by atoms with Crippen LogP contribution in [0, 0.1) is 0 Å². The molecule has 3 rings (SSSR count). The smallest absolute Gasteiger partial charge is 0.282 e. The van der Waals surface area contributed by atoms with Gasteiger partial charge in [-0.2, -0.15) is 12.8 Å². The summed E-state index contributed by atoms with van der Waals surface area (Å²) in [5.74, 6) is -0.675. The molecule has 1 aromatic carbocycles. The number of nitrogens with zero attached hydrogens (tertiary/aromatic N) is 3. The number of hydrogen-bond acceptors (Lipinski definition) is 5. The lowest BCUT2D eigenvalue weighted by molar-refractivity contribution is -0.212. The monoisotopic (exact) mass is 364 g/mol. The van der Waals surface area contributed by atoms with Gasteiger partial charge >= 0.3 is 0 Å². The molecule has 0 amide bonds. The molecular weight excluding hydrogens is 338 g/mol. The highest BCUT2D eigenvalue weighted by Crippen LogP contribution is 2.23. The molecule has 6 nitrogen and oxygen atoms in total. The molecule has 0 saturated carbocycles. The van der Waals surface area contributed by atoms with Crippen LogP contribution in [0.3, 0.4) is 0 Å². The third-order valence-corrected chi connectivity index (χ3v) is 5.75. The van der Waals surface area contributed by atoms with E-state index in [1.807, 2.05) is 0 Å². The Labute approximate surface area is 150 Å². The predicted molar refractivity (Wildman–Crippen MR) is 97.4 cm³/mol. The van der Waals surface area contributed by atoms with E-state index < -0.39 is 15.9 Å². The summed E-state index contributed by atoms with van der Waals surface area (Å²) in [5, 5.41) is 10.9. The molecule has 0 fully saturated rings. The summed E-state index contributed by atoms with van der Waals surface area (Å²) in [5.41, 5.74) is 0.164. The van der Waals surface area contributed by atoms with Crippen LogP contribution in [0.4, 0.5) is 0 Å². The van der Waals surface area contributed by atoms with E-state index in [9.17, 15) is 13.5 Å². The Morgan fingerprint density at radius 1 is 1.16 bits per heavy atom. The minimum atomic E-state index is -3.68. The van der Waals surface area contributed by atoms with E-state index in [-0.39, 0.29) is 10.5 Å². The lowest BCUT2D eigenvalue weighted by Gasteiger charge is -2.26. The average molecular weight is 364 g/mol. The van der Waals surface area contributed by atoms with E-state index in [4.69, 9.17) is 0 Å². The van der Waals surface area contributed by atoms with Crippen LogP contribution in [0.2, 0.25) is 0 Å². The van der Waals surface area contributed by atoms with Crippen LogP contribution >= 0.6 is 0 Å². The molecular formula is C18H26N3O3S-. The molecule has 7 heteroatoms. The van der Waals surface area contributed by atoms with Crippen LogP contribution < -0.4 is 5.11 Å². The molecule has 2 aliphatic heterocycles. The Morgan fingerprint density at radius 3 is 2.48 bits per heavy atom. The Balaban J connectivity index is 0.000000181. The van der Waals surface area contributed by atoms with Crippen LogP contribution in [0.5, 0.6) is 0 Å². The van der Waals surface area contributed by atoms with Gasteiger partial charge < -0.3 is 14.9 Å². The Morgan fingerprint density at radius 2 is 1.88 bits per heavy atom. The third kappa shape index (κ3) is 4.75. The Bertz CT molecular complexity index is 744. The van der Waals surface area contributed by atoms with Crippen molar-refractivity contribution in [3.8, 4) is 0 Å². The summed E-state index contributed by atoms with van der Waals surface area (Å²) < 4.78 is 25.2. The van der Waals surface area contributed by atoms with E-state index in [0.29, 0.717) is 6.17 Å². The van der Waals surface area contributed by atoms with Crippen molar-refractivity contribution in [2.45, 2.75) is 50.6 Å². The zero-order valence-electron chi connectivity index (χ0n) is 15.1. The standard InChI is InChI=1S/C11H22N2.C7H5NO3S/c1-4-5-6-7-8-13-10-9-12(3)11(13)2;9-7-5-3-1-2-4-6(5)12(10,11)8-7/h9-11H,4-8H2,1-3H3;1-4H,(H,8,9)/p-1. The van der Waals surface area contributed by atoms with Crippen LogP contribution in [0.25, 0.3) is 0 Å². The van der Waals surface area contributed by atoms with Gasteiger partial charge in [-0.15, -0.1) is 0 Å². The summed E-state index contributed by atoms with van der Waals surface area (Å²) in [7, 11) is -1.55. The zero-order valence-corrected chi connectivity index (χ0v) is 15.9. The number of unbranched alkanes of at least 4 members (excludes halogenated alkanes) is 3. The van der Waals surface area contributed by atoms with Gasteiger partial charge in [-0.25, -0.2) is 0 Å². The first kappa shape index (κ1) is 19.3. The molecule has 2 aliphatic rings. The molecule has 1 aromatic rings. The summed E-state index contributed by atoms with van der Waals surface area (Å²) in [6.07, 6.45) is 10.3. The first-order chi connectivity index (χ1) is 11.9. The second-order valence-corrected chi connectivity index (χ2v) is 7.83. The summed E-state index contributed by atoms with van der Waals surface area (Å²) >= 11 is 0. The maximum atomic E-state index is 11.1. The van der Waals surface area contributed by atoms with Gasteiger partial charge in [0.25, 0.3) is 10.0 Å². The van der Waals surface area contributed by atoms with Gasteiger partial charge in [-0.05, 0) is 19.4 Å². The van der Waals surface area contributed by atoms with Crippen LogP contribution in [0.1, 0.15) is 45.1 Å². The van der Waals surface area contributed by atoms with Crippen LogP contribution in [0.15, 0.2) is 46.0 Å². The quantitative estimate of drug-likeness (QED) is 0.748. The highest BCUT2D eigenvalue weighted by atomic mass is 32.2. The summed E-state index contributed by atoms with van der Waals surface area (Å²) in [4.78, 5) is 4.67. The van der Waals surface area contributed by atoms with E-state index in [1.54, 1.807) is 12.1 Å². The number of fused-ring (bicyclic) bond motifs is 1. The first-order valence-corrected chi connectivity index (χ1v) is 10.1. The number of benzene rings is 1. The maximum Gasteiger partial charge on any atom is 0.282 e. The fraction of sp³-hybridized carbons (Fsp3) is 0.500. The molecule has 0 bridgehead atoms. The minimum absolute atomic E-state index is 0.00926. The molecule has 0 N–H and O–H groups in total. The highest BCUT2D eigenvalue weighted by Gasteiger charge is 2.22. The molecule has 2 heterocycles. The molecule has 25 heavy (non-hydrogen) atoms. The molecule has 0 spiro atoms. The van der Waals surface area contributed by atoms with Gasteiger partial charge in [-0.1, -0.05) is 44.4 Å². The Kier molecular flexibility index (Phi) is 6.47. The largest absolute Gasteiger partial charge is 0.858 e. The zero-order chi connectivity index (χ0) is 18.4. The van der Waals surface area contributed by atoms with Crippen molar-refractivity contribution < 1.29 is 13.5 Å². The predicted octanol–water partition coefficient (Wildman–Crippen LogP) is 2.13. The van der Waals surface area contributed by atoms with Crippen LogP contribution in [-0.4, -0.2) is 43.9 Å². The first-order valence-electron chi connectivity index (χ1n) is 8.64.